The van der Waals surface area contributed by atoms with Crippen molar-refractivity contribution in [1.82, 2.24) is 10.6 Å². The molecule has 3 N–H and O–H groups in total. The van der Waals surface area contributed by atoms with E-state index in [9.17, 15) is 4.79 Å². The Labute approximate surface area is 121 Å². The average Bonchev–Trinajstić information content (AvgIpc) is 2.34. The van der Waals surface area contributed by atoms with Gasteiger partial charge in [-0.15, -0.1) is 0 Å². The van der Waals surface area contributed by atoms with Gasteiger partial charge in [0.05, 0.1) is 6.04 Å². The lowest BCUT2D eigenvalue weighted by Gasteiger charge is -2.19. The molecule has 2 atom stereocenters. The number of urea groups is 1. The molecular formula is C16H26N2O2. The molecule has 0 saturated carbocycles. The SMILES string of the molecule is Cc1cc(C)cc(C(C)NC(=O)NC(C)CCCO)c1. The molecule has 2 unspecified atom stereocenters. The van der Waals surface area contributed by atoms with Crippen LogP contribution in [0, 0.1) is 13.8 Å². The molecule has 0 bridgehead atoms. The first-order valence-electron chi connectivity index (χ1n) is 7.18. The maximum atomic E-state index is 11.9. The van der Waals surface area contributed by atoms with Crippen LogP contribution in [0.15, 0.2) is 18.2 Å². The molecule has 1 aromatic rings. The number of aliphatic hydroxyl groups is 1. The van der Waals surface area contributed by atoms with E-state index in [0.29, 0.717) is 6.42 Å². The summed E-state index contributed by atoms with van der Waals surface area (Å²) in [5, 5.41) is 14.6. The minimum atomic E-state index is -0.165. The number of rotatable bonds is 6. The fourth-order valence-corrected chi connectivity index (χ4v) is 2.27. The monoisotopic (exact) mass is 278 g/mol. The Balaban J connectivity index is 2.52. The molecule has 0 spiro atoms. The van der Waals surface area contributed by atoms with Crippen molar-refractivity contribution in [1.29, 1.82) is 0 Å². The lowest BCUT2D eigenvalue weighted by Crippen LogP contribution is -2.41. The van der Waals surface area contributed by atoms with Crippen LogP contribution in [0.4, 0.5) is 4.79 Å². The fraction of sp³-hybridized carbons (Fsp3) is 0.562. The molecule has 2 amide bonds. The zero-order valence-corrected chi connectivity index (χ0v) is 12.9. The highest BCUT2D eigenvalue weighted by Gasteiger charge is 2.12. The molecule has 112 valence electrons. The molecule has 0 fully saturated rings. The van der Waals surface area contributed by atoms with Gasteiger partial charge in [0.25, 0.3) is 0 Å². The minimum absolute atomic E-state index is 0.0290. The molecule has 0 heterocycles. The number of nitrogens with one attached hydrogen (secondary N) is 2. The van der Waals surface area contributed by atoms with E-state index in [1.54, 1.807) is 0 Å². The highest BCUT2D eigenvalue weighted by molar-refractivity contribution is 5.74. The molecule has 0 aromatic heterocycles. The first kappa shape index (κ1) is 16.5. The quantitative estimate of drug-likeness (QED) is 0.749. The van der Waals surface area contributed by atoms with Crippen molar-refractivity contribution in [3.05, 3.63) is 34.9 Å². The lowest BCUT2D eigenvalue weighted by molar-refractivity contribution is 0.231. The summed E-state index contributed by atoms with van der Waals surface area (Å²) < 4.78 is 0. The third-order valence-electron chi connectivity index (χ3n) is 3.26. The fourth-order valence-electron chi connectivity index (χ4n) is 2.27. The Bertz CT molecular complexity index is 426. The molecule has 1 rings (SSSR count). The van der Waals surface area contributed by atoms with Crippen molar-refractivity contribution in [2.75, 3.05) is 6.61 Å². The van der Waals surface area contributed by atoms with E-state index < -0.39 is 0 Å². The van der Waals surface area contributed by atoms with Crippen molar-refractivity contribution >= 4 is 6.03 Å². The topological polar surface area (TPSA) is 61.4 Å². The summed E-state index contributed by atoms with van der Waals surface area (Å²) in [6, 6.07) is 6.17. The van der Waals surface area contributed by atoms with Gasteiger partial charge in [-0.1, -0.05) is 29.3 Å². The lowest BCUT2D eigenvalue weighted by atomic mass is 10.0. The summed E-state index contributed by atoms with van der Waals surface area (Å²) in [5.74, 6) is 0. The van der Waals surface area contributed by atoms with Crippen molar-refractivity contribution in [3.8, 4) is 0 Å². The van der Waals surface area contributed by atoms with Gasteiger partial charge in [-0.3, -0.25) is 0 Å². The second kappa shape index (κ2) is 7.90. The normalized spacial score (nSPS) is 13.7. The number of hydrogen-bond acceptors (Lipinski definition) is 2. The molecule has 0 radical (unpaired) electrons. The number of aryl methyl sites for hydroxylation is 2. The van der Waals surface area contributed by atoms with Crippen LogP contribution in [0.5, 0.6) is 0 Å². The largest absolute Gasteiger partial charge is 0.396 e. The van der Waals surface area contributed by atoms with Crippen LogP contribution in [0.3, 0.4) is 0 Å². The Morgan fingerprint density at radius 3 is 2.30 bits per heavy atom. The first-order chi connectivity index (χ1) is 9.42. The van der Waals surface area contributed by atoms with Gasteiger partial charge >= 0.3 is 6.03 Å². The summed E-state index contributed by atoms with van der Waals surface area (Å²) in [4.78, 5) is 11.9. The summed E-state index contributed by atoms with van der Waals surface area (Å²) in [6.45, 7) is 8.19. The predicted octanol–water partition coefficient (Wildman–Crippen LogP) is 2.82. The van der Waals surface area contributed by atoms with E-state index in [2.05, 4.69) is 42.7 Å². The summed E-state index contributed by atoms with van der Waals surface area (Å²) >= 11 is 0. The highest BCUT2D eigenvalue weighted by atomic mass is 16.3. The van der Waals surface area contributed by atoms with Gasteiger partial charge in [-0.2, -0.15) is 0 Å². The Morgan fingerprint density at radius 2 is 1.75 bits per heavy atom. The molecule has 0 aliphatic rings. The number of amides is 2. The van der Waals surface area contributed by atoms with Gasteiger partial charge in [0.2, 0.25) is 0 Å². The minimum Gasteiger partial charge on any atom is -0.396 e. The maximum Gasteiger partial charge on any atom is 0.315 e. The predicted molar refractivity (Wildman–Crippen MR) is 81.8 cm³/mol. The highest BCUT2D eigenvalue weighted by Crippen LogP contribution is 2.16. The molecule has 4 heteroatoms. The Morgan fingerprint density at radius 1 is 1.15 bits per heavy atom. The van der Waals surface area contributed by atoms with Gasteiger partial charge in [-0.25, -0.2) is 4.79 Å². The summed E-state index contributed by atoms with van der Waals surface area (Å²) in [5.41, 5.74) is 3.51. The zero-order valence-electron chi connectivity index (χ0n) is 12.9. The molecule has 0 aliphatic carbocycles. The van der Waals surface area contributed by atoms with E-state index in [4.69, 9.17) is 5.11 Å². The van der Waals surface area contributed by atoms with E-state index in [1.165, 1.54) is 11.1 Å². The van der Waals surface area contributed by atoms with Crippen LogP contribution in [0.25, 0.3) is 0 Å². The average molecular weight is 278 g/mol. The van der Waals surface area contributed by atoms with Crippen molar-refractivity contribution < 1.29 is 9.90 Å². The van der Waals surface area contributed by atoms with Gasteiger partial charge in [-0.05, 0) is 46.1 Å². The molecule has 0 aliphatic heterocycles. The number of hydrogen-bond donors (Lipinski definition) is 3. The second-order valence-electron chi connectivity index (χ2n) is 5.53. The Hall–Kier alpha value is -1.55. The van der Waals surface area contributed by atoms with Gasteiger partial charge in [0, 0.05) is 12.6 Å². The van der Waals surface area contributed by atoms with Crippen LogP contribution >= 0.6 is 0 Å². The number of benzene rings is 1. The van der Waals surface area contributed by atoms with Gasteiger partial charge in [0.15, 0.2) is 0 Å². The molecule has 4 nitrogen and oxygen atoms in total. The standard InChI is InChI=1S/C16H26N2O2/c1-11-8-12(2)10-15(9-11)14(4)18-16(20)17-13(3)6-5-7-19/h8-10,13-14,19H,5-7H2,1-4H3,(H2,17,18,20). The molecule has 1 aromatic carbocycles. The smallest absolute Gasteiger partial charge is 0.315 e. The third-order valence-corrected chi connectivity index (χ3v) is 3.26. The molecular weight excluding hydrogens is 252 g/mol. The summed E-state index contributed by atoms with van der Waals surface area (Å²) in [6.07, 6.45) is 1.48. The van der Waals surface area contributed by atoms with E-state index >= 15 is 0 Å². The second-order valence-corrected chi connectivity index (χ2v) is 5.53. The summed E-state index contributed by atoms with van der Waals surface area (Å²) in [7, 11) is 0. The van der Waals surface area contributed by atoms with E-state index in [0.717, 1.165) is 12.0 Å². The van der Waals surface area contributed by atoms with Gasteiger partial charge in [0.1, 0.15) is 0 Å². The Kier molecular flexibility index (Phi) is 6.52. The van der Waals surface area contributed by atoms with Crippen LogP contribution < -0.4 is 10.6 Å². The number of aliphatic hydroxyl groups excluding tert-OH is 1. The first-order valence-corrected chi connectivity index (χ1v) is 7.18. The third kappa shape index (κ3) is 5.61. The zero-order chi connectivity index (χ0) is 15.1. The van der Waals surface area contributed by atoms with Crippen LogP contribution in [0.1, 0.15) is 49.4 Å². The van der Waals surface area contributed by atoms with E-state index in [-0.39, 0.29) is 24.7 Å². The molecule has 0 saturated heterocycles. The molecule has 20 heavy (non-hydrogen) atoms. The number of carbonyl (C=O) groups is 1. The van der Waals surface area contributed by atoms with Crippen molar-refractivity contribution in [2.45, 2.75) is 52.6 Å². The van der Waals surface area contributed by atoms with Crippen LogP contribution in [0.2, 0.25) is 0 Å². The van der Waals surface area contributed by atoms with Crippen molar-refractivity contribution in [3.63, 3.8) is 0 Å². The number of carbonyl (C=O) groups excluding carboxylic acids is 1. The maximum absolute atomic E-state index is 11.9. The van der Waals surface area contributed by atoms with Crippen LogP contribution in [-0.4, -0.2) is 23.8 Å². The van der Waals surface area contributed by atoms with Crippen molar-refractivity contribution in [2.24, 2.45) is 0 Å². The van der Waals surface area contributed by atoms with Crippen LogP contribution in [-0.2, 0) is 0 Å². The van der Waals surface area contributed by atoms with Gasteiger partial charge < -0.3 is 15.7 Å². The van der Waals surface area contributed by atoms with E-state index in [1.807, 2.05) is 13.8 Å².